The highest BCUT2D eigenvalue weighted by Gasteiger charge is 2.08. The van der Waals surface area contributed by atoms with Crippen LogP contribution in [0.5, 0.6) is 0 Å². The van der Waals surface area contributed by atoms with Gasteiger partial charge in [-0.3, -0.25) is 4.98 Å². The van der Waals surface area contributed by atoms with Crippen LogP contribution in [0.15, 0.2) is 12.1 Å². The van der Waals surface area contributed by atoms with Gasteiger partial charge in [0.1, 0.15) is 0 Å². The van der Waals surface area contributed by atoms with Gasteiger partial charge in [0.15, 0.2) is 0 Å². The van der Waals surface area contributed by atoms with Crippen molar-refractivity contribution in [2.75, 3.05) is 6.61 Å². The number of nitrogens with zero attached hydrogens (tertiary/aromatic N) is 1. The van der Waals surface area contributed by atoms with Gasteiger partial charge in [0.2, 0.25) is 0 Å². The molecule has 0 aromatic carbocycles. The van der Waals surface area contributed by atoms with E-state index in [1.807, 2.05) is 12.1 Å². The van der Waals surface area contributed by atoms with Gasteiger partial charge in [-0.2, -0.15) is 0 Å². The number of hydrogen-bond donors (Lipinski definition) is 0. The summed E-state index contributed by atoms with van der Waals surface area (Å²) in [6, 6.07) is 3.84. The molecule has 0 unspecified atom stereocenters. The first-order valence-electron chi connectivity index (χ1n) is 3.39. The largest absolute Gasteiger partial charge is 0.376 e. The highest BCUT2D eigenvalue weighted by atomic mass is 16.5. The number of ether oxygens (including phenoxy) is 1. The van der Waals surface area contributed by atoms with Crippen LogP contribution in [0.4, 0.5) is 0 Å². The molecule has 10 heavy (non-hydrogen) atoms. The van der Waals surface area contributed by atoms with Gasteiger partial charge in [0.05, 0.1) is 19.4 Å². The van der Waals surface area contributed by atoms with E-state index in [4.69, 9.17) is 4.74 Å². The summed E-state index contributed by atoms with van der Waals surface area (Å²) in [5.41, 5.74) is 2.36. The quantitative estimate of drug-likeness (QED) is 0.527. The van der Waals surface area contributed by atoms with E-state index in [2.05, 4.69) is 11.2 Å². The van der Waals surface area contributed by atoms with E-state index in [9.17, 15) is 0 Å². The summed E-state index contributed by atoms with van der Waals surface area (Å²) in [5, 5.41) is 0. The van der Waals surface area contributed by atoms with Crippen LogP contribution in [0.25, 0.3) is 0 Å². The summed E-state index contributed by atoms with van der Waals surface area (Å²) in [7, 11) is 0. The molecule has 0 N–H and O–H groups in total. The van der Waals surface area contributed by atoms with Gasteiger partial charge in [-0.15, -0.1) is 0 Å². The molecule has 1 aliphatic rings. The summed E-state index contributed by atoms with van der Waals surface area (Å²) in [4.78, 5) is 4.11. The van der Waals surface area contributed by atoms with Crippen LogP contribution in [0, 0.1) is 6.20 Å². The maximum Gasteiger partial charge on any atom is 0.0889 e. The lowest BCUT2D eigenvalue weighted by atomic mass is 10.1. The van der Waals surface area contributed by atoms with Gasteiger partial charge < -0.3 is 4.74 Å². The van der Waals surface area contributed by atoms with Crippen molar-refractivity contribution in [1.29, 1.82) is 0 Å². The molecule has 2 heterocycles. The topological polar surface area (TPSA) is 22.1 Å². The molecule has 0 spiro atoms. The lowest BCUT2D eigenvalue weighted by Gasteiger charge is -2.13. The molecule has 0 atom stereocenters. The highest BCUT2D eigenvalue weighted by Crippen LogP contribution is 2.12. The SMILES string of the molecule is [c]1ccc2c(n1)CCOC2. The number of hydrogen-bond acceptors (Lipinski definition) is 2. The number of pyridine rings is 1. The predicted octanol–water partition coefficient (Wildman–Crippen LogP) is 0.954. The second-order valence-electron chi connectivity index (χ2n) is 2.35. The lowest BCUT2D eigenvalue weighted by Crippen LogP contribution is -2.10. The van der Waals surface area contributed by atoms with E-state index >= 15 is 0 Å². The maximum absolute atomic E-state index is 5.24. The Morgan fingerprint density at radius 2 is 2.60 bits per heavy atom. The Balaban J connectivity index is 2.41. The molecule has 2 rings (SSSR count). The fourth-order valence-corrected chi connectivity index (χ4v) is 1.12. The molecule has 2 nitrogen and oxygen atoms in total. The number of fused-ring (bicyclic) bond motifs is 1. The van der Waals surface area contributed by atoms with E-state index in [0.29, 0.717) is 0 Å². The van der Waals surface area contributed by atoms with E-state index in [1.54, 1.807) is 0 Å². The Labute approximate surface area is 59.9 Å². The van der Waals surface area contributed by atoms with E-state index < -0.39 is 0 Å². The Kier molecular flexibility index (Phi) is 1.40. The molecule has 1 radical (unpaired) electrons. The molecule has 0 saturated heterocycles. The Morgan fingerprint density at radius 1 is 1.60 bits per heavy atom. The predicted molar refractivity (Wildman–Crippen MR) is 36.4 cm³/mol. The summed E-state index contributed by atoms with van der Waals surface area (Å²) in [6.07, 6.45) is 3.75. The normalized spacial score (nSPS) is 16.4. The molecule has 0 fully saturated rings. The van der Waals surface area contributed by atoms with Crippen molar-refractivity contribution in [2.24, 2.45) is 0 Å². The molecule has 0 saturated carbocycles. The highest BCUT2D eigenvalue weighted by molar-refractivity contribution is 5.19. The van der Waals surface area contributed by atoms with Crippen molar-refractivity contribution >= 4 is 0 Å². The molecule has 0 aliphatic carbocycles. The fraction of sp³-hybridized carbons (Fsp3) is 0.375. The standard InChI is InChI=1S/C8H8NO/c1-2-7-6-10-5-3-8(7)9-4-1/h1-2H,3,5-6H2. The molecule has 1 aromatic rings. The third kappa shape index (κ3) is 0.907. The first-order valence-corrected chi connectivity index (χ1v) is 3.39. The molecular formula is C8H8NO. The molecule has 0 bridgehead atoms. The Hall–Kier alpha value is -0.890. The molecule has 2 heteroatoms. The van der Waals surface area contributed by atoms with Crippen molar-refractivity contribution in [2.45, 2.75) is 13.0 Å². The lowest BCUT2D eigenvalue weighted by molar-refractivity contribution is 0.109. The average molecular weight is 134 g/mol. The summed E-state index contributed by atoms with van der Waals surface area (Å²) in [6.45, 7) is 1.52. The first kappa shape index (κ1) is 5.86. The van der Waals surface area contributed by atoms with Crippen molar-refractivity contribution < 1.29 is 4.74 Å². The zero-order valence-electron chi connectivity index (χ0n) is 5.63. The monoisotopic (exact) mass is 134 g/mol. The third-order valence-electron chi connectivity index (χ3n) is 1.67. The molecule has 0 amide bonds. The van der Waals surface area contributed by atoms with Gasteiger partial charge in [-0.1, -0.05) is 6.07 Å². The first-order chi connectivity index (χ1) is 4.97. The van der Waals surface area contributed by atoms with Gasteiger partial charge in [-0.05, 0) is 11.6 Å². The Bertz CT molecular complexity index is 209. The van der Waals surface area contributed by atoms with Gasteiger partial charge in [-0.25, -0.2) is 0 Å². The van der Waals surface area contributed by atoms with Gasteiger partial charge in [0, 0.05) is 12.1 Å². The molecule has 1 aliphatic heterocycles. The summed E-state index contributed by atoms with van der Waals surface area (Å²) < 4.78 is 5.24. The number of aromatic nitrogens is 1. The minimum atomic E-state index is 0.719. The van der Waals surface area contributed by atoms with Crippen LogP contribution in [0.1, 0.15) is 11.3 Å². The summed E-state index contributed by atoms with van der Waals surface area (Å²) >= 11 is 0. The van der Waals surface area contributed by atoms with Crippen LogP contribution < -0.4 is 0 Å². The van der Waals surface area contributed by atoms with Crippen molar-refractivity contribution in [1.82, 2.24) is 4.98 Å². The van der Waals surface area contributed by atoms with E-state index in [-0.39, 0.29) is 0 Å². The molecule has 51 valence electrons. The summed E-state index contributed by atoms with van der Waals surface area (Å²) in [5.74, 6) is 0. The van der Waals surface area contributed by atoms with Gasteiger partial charge >= 0.3 is 0 Å². The zero-order chi connectivity index (χ0) is 6.81. The maximum atomic E-state index is 5.24. The second kappa shape index (κ2) is 2.39. The van der Waals surface area contributed by atoms with Crippen LogP contribution >= 0.6 is 0 Å². The smallest absolute Gasteiger partial charge is 0.0889 e. The van der Waals surface area contributed by atoms with Crippen LogP contribution in [-0.2, 0) is 17.8 Å². The fourth-order valence-electron chi connectivity index (χ4n) is 1.12. The zero-order valence-corrected chi connectivity index (χ0v) is 5.63. The minimum absolute atomic E-state index is 0.719. The van der Waals surface area contributed by atoms with Crippen molar-refractivity contribution in [3.8, 4) is 0 Å². The van der Waals surface area contributed by atoms with E-state index in [1.165, 1.54) is 5.56 Å². The van der Waals surface area contributed by atoms with Crippen LogP contribution in [0.2, 0.25) is 0 Å². The molecule has 1 aromatic heterocycles. The van der Waals surface area contributed by atoms with Crippen molar-refractivity contribution in [3.63, 3.8) is 0 Å². The third-order valence-corrected chi connectivity index (χ3v) is 1.67. The van der Waals surface area contributed by atoms with Crippen LogP contribution in [0.3, 0.4) is 0 Å². The molecular weight excluding hydrogens is 126 g/mol. The average Bonchev–Trinajstić information content (AvgIpc) is 2.05. The Morgan fingerprint density at radius 3 is 3.50 bits per heavy atom. The number of rotatable bonds is 0. The van der Waals surface area contributed by atoms with Crippen molar-refractivity contribution in [3.05, 3.63) is 29.6 Å². The van der Waals surface area contributed by atoms with Gasteiger partial charge in [0.25, 0.3) is 0 Å². The second-order valence-corrected chi connectivity index (χ2v) is 2.35. The van der Waals surface area contributed by atoms with E-state index in [0.717, 1.165) is 25.3 Å². The minimum Gasteiger partial charge on any atom is -0.376 e. The van der Waals surface area contributed by atoms with Crippen LogP contribution in [-0.4, -0.2) is 11.6 Å².